The molecule has 3 unspecified atom stereocenters. The first-order valence-corrected chi connectivity index (χ1v) is 7.17. The fraction of sp³-hybridized carbons (Fsp3) is 0.600. The number of hydrogen-bond acceptors (Lipinski definition) is 3. The van der Waals surface area contributed by atoms with Crippen molar-refractivity contribution in [2.45, 2.75) is 45.8 Å². The molecule has 2 rings (SSSR count). The first-order chi connectivity index (χ1) is 9.86. The van der Waals surface area contributed by atoms with E-state index in [-0.39, 0.29) is 11.7 Å². The van der Waals surface area contributed by atoms with E-state index in [1.807, 2.05) is 0 Å². The van der Waals surface area contributed by atoms with E-state index in [2.05, 4.69) is 23.9 Å². The summed E-state index contributed by atoms with van der Waals surface area (Å²) in [4.78, 5) is 0. The minimum atomic E-state index is -3.06. The van der Waals surface area contributed by atoms with Gasteiger partial charge >= 0.3 is 6.61 Å². The number of nitrogen functional groups attached to an aromatic ring is 1. The van der Waals surface area contributed by atoms with Crippen LogP contribution in [0, 0.1) is 17.7 Å². The van der Waals surface area contributed by atoms with Crippen LogP contribution in [0.2, 0.25) is 0 Å². The maximum atomic E-state index is 13.5. The molecular formula is C15H21F3N2O. The Labute approximate surface area is 122 Å². The van der Waals surface area contributed by atoms with Crippen molar-refractivity contribution in [3.05, 3.63) is 17.9 Å². The molecule has 1 aliphatic carbocycles. The second-order valence-corrected chi connectivity index (χ2v) is 5.86. The molecule has 3 N–H and O–H groups in total. The predicted molar refractivity (Wildman–Crippen MR) is 77.0 cm³/mol. The number of halogens is 3. The number of rotatable bonds is 4. The van der Waals surface area contributed by atoms with Crippen molar-refractivity contribution >= 4 is 11.4 Å². The highest BCUT2D eigenvalue weighted by Crippen LogP contribution is 2.34. The molecule has 3 atom stereocenters. The maximum absolute atomic E-state index is 13.5. The molecule has 21 heavy (non-hydrogen) atoms. The van der Waals surface area contributed by atoms with Gasteiger partial charge in [0, 0.05) is 18.2 Å². The zero-order valence-electron chi connectivity index (χ0n) is 12.2. The average molecular weight is 302 g/mol. The van der Waals surface area contributed by atoms with Crippen molar-refractivity contribution in [2.24, 2.45) is 11.8 Å². The Balaban J connectivity index is 2.12. The van der Waals surface area contributed by atoms with Gasteiger partial charge in [0.15, 0.2) is 11.6 Å². The zero-order chi connectivity index (χ0) is 15.6. The summed E-state index contributed by atoms with van der Waals surface area (Å²) in [6, 6.07) is 2.43. The van der Waals surface area contributed by atoms with Crippen LogP contribution in [0.5, 0.6) is 5.75 Å². The average Bonchev–Trinajstić information content (AvgIpc) is 2.39. The highest BCUT2D eigenvalue weighted by molar-refractivity contribution is 5.69. The summed E-state index contributed by atoms with van der Waals surface area (Å²) in [5.41, 5.74) is 6.39. The molecule has 0 aromatic heterocycles. The molecule has 1 aromatic rings. The fourth-order valence-electron chi connectivity index (χ4n) is 2.78. The SMILES string of the molecule is CC1CCC(Nc2cc(OC(F)F)c(F)cc2N)CC1C. The van der Waals surface area contributed by atoms with Crippen LogP contribution in [0.1, 0.15) is 33.1 Å². The van der Waals surface area contributed by atoms with Crippen LogP contribution in [0.15, 0.2) is 12.1 Å². The number of alkyl halides is 2. The number of ether oxygens (including phenoxy) is 1. The molecular weight excluding hydrogens is 281 g/mol. The monoisotopic (exact) mass is 302 g/mol. The van der Waals surface area contributed by atoms with E-state index in [0.29, 0.717) is 17.5 Å². The molecule has 0 heterocycles. The Morgan fingerprint density at radius 1 is 1.24 bits per heavy atom. The molecule has 0 aliphatic heterocycles. The lowest BCUT2D eigenvalue weighted by Crippen LogP contribution is -2.30. The first kappa shape index (κ1) is 15.8. The van der Waals surface area contributed by atoms with E-state index in [0.717, 1.165) is 25.3 Å². The second-order valence-electron chi connectivity index (χ2n) is 5.86. The van der Waals surface area contributed by atoms with Gasteiger partial charge in [0.2, 0.25) is 0 Å². The highest BCUT2D eigenvalue weighted by atomic mass is 19.3. The molecule has 1 aromatic carbocycles. The van der Waals surface area contributed by atoms with Crippen LogP contribution in [0.4, 0.5) is 24.5 Å². The lowest BCUT2D eigenvalue weighted by Gasteiger charge is -2.33. The third-order valence-corrected chi connectivity index (χ3v) is 4.28. The lowest BCUT2D eigenvalue weighted by molar-refractivity contribution is -0.0521. The van der Waals surface area contributed by atoms with Gasteiger partial charge in [0.25, 0.3) is 0 Å². The van der Waals surface area contributed by atoms with E-state index in [1.54, 1.807) is 0 Å². The topological polar surface area (TPSA) is 47.3 Å². The molecule has 1 aliphatic rings. The molecule has 118 valence electrons. The second kappa shape index (κ2) is 6.45. The van der Waals surface area contributed by atoms with Crippen LogP contribution in [0.3, 0.4) is 0 Å². The summed E-state index contributed by atoms with van der Waals surface area (Å²) in [7, 11) is 0. The van der Waals surface area contributed by atoms with Gasteiger partial charge in [-0.1, -0.05) is 13.8 Å². The van der Waals surface area contributed by atoms with Gasteiger partial charge in [0.1, 0.15) is 0 Å². The third kappa shape index (κ3) is 3.95. The summed E-state index contributed by atoms with van der Waals surface area (Å²) in [5, 5.41) is 3.22. The van der Waals surface area contributed by atoms with Gasteiger partial charge in [-0.05, 0) is 31.1 Å². The molecule has 6 heteroatoms. The summed E-state index contributed by atoms with van der Waals surface area (Å²) in [6.45, 7) is 1.35. The van der Waals surface area contributed by atoms with Gasteiger partial charge in [-0.25, -0.2) is 4.39 Å². The highest BCUT2D eigenvalue weighted by Gasteiger charge is 2.25. The molecule has 0 amide bonds. The molecule has 1 saturated carbocycles. The number of anilines is 2. The van der Waals surface area contributed by atoms with E-state index < -0.39 is 18.2 Å². The Morgan fingerprint density at radius 3 is 2.57 bits per heavy atom. The van der Waals surface area contributed by atoms with E-state index in [9.17, 15) is 13.2 Å². The van der Waals surface area contributed by atoms with Crippen molar-refractivity contribution < 1.29 is 17.9 Å². The number of hydrogen-bond donors (Lipinski definition) is 2. The Hall–Kier alpha value is -1.59. The van der Waals surface area contributed by atoms with E-state index >= 15 is 0 Å². The smallest absolute Gasteiger partial charge is 0.387 e. The van der Waals surface area contributed by atoms with Crippen molar-refractivity contribution in [3.8, 4) is 5.75 Å². The van der Waals surface area contributed by atoms with Crippen molar-refractivity contribution in [2.75, 3.05) is 11.1 Å². The minimum Gasteiger partial charge on any atom is -0.432 e. The summed E-state index contributed by atoms with van der Waals surface area (Å²) in [5.74, 6) is -0.121. The maximum Gasteiger partial charge on any atom is 0.387 e. The molecule has 1 fully saturated rings. The van der Waals surface area contributed by atoms with E-state index in [1.165, 1.54) is 6.07 Å². The van der Waals surface area contributed by atoms with Crippen molar-refractivity contribution in [3.63, 3.8) is 0 Å². The van der Waals surface area contributed by atoms with Crippen LogP contribution < -0.4 is 15.8 Å². The molecule has 0 spiro atoms. The van der Waals surface area contributed by atoms with Crippen LogP contribution in [-0.2, 0) is 0 Å². The van der Waals surface area contributed by atoms with Crippen LogP contribution in [0.25, 0.3) is 0 Å². The third-order valence-electron chi connectivity index (χ3n) is 4.28. The van der Waals surface area contributed by atoms with E-state index in [4.69, 9.17) is 5.73 Å². The van der Waals surface area contributed by atoms with Gasteiger partial charge in [-0.3, -0.25) is 0 Å². The quantitative estimate of drug-likeness (QED) is 0.818. The number of nitrogens with one attached hydrogen (secondary N) is 1. The summed E-state index contributed by atoms with van der Waals surface area (Å²) >= 11 is 0. The Bertz CT molecular complexity index is 496. The summed E-state index contributed by atoms with van der Waals surface area (Å²) in [6.07, 6.45) is 3.05. The molecule has 0 radical (unpaired) electrons. The standard InChI is InChI=1S/C15H21F3N2O/c1-8-3-4-10(5-9(8)2)20-13-7-14(21-15(17)18)11(16)6-12(13)19/h6-10,15,20H,3-5,19H2,1-2H3. The molecule has 0 saturated heterocycles. The largest absolute Gasteiger partial charge is 0.432 e. The van der Waals surface area contributed by atoms with Gasteiger partial charge in [0.05, 0.1) is 11.4 Å². The van der Waals surface area contributed by atoms with Gasteiger partial charge in [-0.2, -0.15) is 8.78 Å². The van der Waals surface area contributed by atoms with Gasteiger partial charge < -0.3 is 15.8 Å². The fourth-order valence-corrected chi connectivity index (χ4v) is 2.78. The van der Waals surface area contributed by atoms with Gasteiger partial charge in [-0.15, -0.1) is 0 Å². The summed E-state index contributed by atoms with van der Waals surface area (Å²) < 4.78 is 42.2. The number of nitrogens with two attached hydrogens (primary N) is 1. The lowest BCUT2D eigenvalue weighted by atomic mass is 9.79. The van der Waals surface area contributed by atoms with Crippen LogP contribution >= 0.6 is 0 Å². The van der Waals surface area contributed by atoms with Crippen LogP contribution in [-0.4, -0.2) is 12.7 Å². The Kier molecular flexibility index (Phi) is 4.85. The zero-order valence-corrected chi connectivity index (χ0v) is 12.2. The minimum absolute atomic E-state index is 0.195. The first-order valence-electron chi connectivity index (χ1n) is 7.17. The van der Waals surface area contributed by atoms with Crippen molar-refractivity contribution in [1.29, 1.82) is 0 Å². The number of benzene rings is 1. The molecule has 3 nitrogen and oxygen atoms in total. The predicted octanol–water partition coefficient (Wildman–Crippen LogP) is 4.25. The molecule has 0 bridgehead atoms. The van der Waals surface area contributed by atoms with Crippen molar-refractivity contribution in [1.82, 2.24) is 0 Å². The normalized spacial score (nSPS) is 25.9. The Morgan fingerprint density at radius 2 is 1.95 bits per heavy atom.